The van der Waals surface area contributed by atoms with Crippen molar-refractivity contribution in [1.82, 2.24) is 14.8 Å². The van der Waals surface area contributed by atoms with Gasteiger partial charge in [-0.05, 0) is 87.4 Å². The van der Waals surface area contributed by atoms with Gasteiger partial charge in [-0.15, -0.1) is 0 Å². The van der Waals surface area contributed by atoms with Crippen LogP contribution in [0.5, 0.6) is 5.75 Å². The fourth-order valence-corrected chi connectivity index (χ4v) is 4.83. The number of methoxy groups -OCH3 is 1. The molecule has 5 rings (SSSR count). The average Bonchev–Trinajstić information content (AvgIpc) is 3.27. The number of benzene rings is 3. The highest BCUT2D eigenvalue weighted by atomic mass is 16.5. The third kappa shape index (κ3) is 5.54. The van der Waals surface area contributed by atoms with Crippen LogP contribution >= 0.6 is 0 Å². The predicted molar refractivity (Wildman–Crippen MR) is 154 cm³/mol. The fraction of sp³-hybridized carbons (Fsp3) is 0.219. The van der Waals surface area contributed by atoms with Crippen molar-refractivity contribution < 1.29 is 14.6 Å². The molecule has 0 radical (unpaired) electrons. The molecule has 7 heteroatoms. The second-order valence-corrected chi connectivity index (χ2v) is 9.99. The lowest BCUT2D eigenvalue weighted by Gasteiger charge is -2.12. The van der Waals surface area contributed by atoms with Crippen LogP contribution in [0.3, 0.4) is 0 Å². The van der Waals surface area contributed by atoms with Crippen molar-refractivity contribution in [2.24, 2.45) is 0 Å². The van der Waals surface area contributed by atoms with Crippen LogP contribution in [-0.4, -0.2) is 32.9 Å². The van der Waals surface area contributed by atoms with Crippen molar-refractivity contribution in [3.8, 4) is 17.0 Å². The summed E-state index contributed by atoms with van der Waals surface area (Å²) in [7, 11) is 1.64. The van der Waals surface area contributed by atoms with Gasteiger partial charge in [0.2, 0.25) is 0 Å². The van der Waals surface area contributed by atoms with Gasteiger partial charge in [-0.1, -0.05) is 35.4 Å². The lowest BCUT2D eigenvalue weighted by Crippen LogP contribution is -2.12. The third-order valence-electron chi connectivity index (χ3n) is 6.77. The number of pyridine rings is 1. The van der Waals surface area contributed by atoms with Crippen LogP contribution in [0.15, 0.2) is 72.8 Å². The van der Waals surface area contributed by atoms with E-state index >= 15 is 0 Å². The predicted octanol–water partition coefficient (Wildman–Crippen LogP) is 6.39. The molecule has 0 aliphatic rings. The summed E-state index contributed by atoms with van der Waals surface area (Å²) in [6, 6.07) is 23.3. The summed E-state index contributed by atoms with van der Waals surface area (Å²) in [5.74, 6) is 0.633. The number of carbonyl (C=O) groups excluding carboxylic acids is 1. The minimum Gasteiger partial charge on any atom is -0.497 e. The second-order valence-electron chi connectivity index (χ2n) is 9.99. The van der Waals surface area contributed by atoms with Crippen molar-refractivity contribution in [2.45, 2.75) is 40.3 Å². The lowest BCUT2D eigenvalue weighted by molar-refractivity contribution is 0.102. The summed E-state index contributed by atoms with van der Waals surface area (Å²) in [4.78, 5) is 18.0. The van der Waals surface area contributed by atoms with Crippen LogP contribution in [0.4, 0.5) is 5.69 Å². The van der Waals surface area contributed by atoms with Gasteiger partial charge in [0.05, 0.1) is 25.5 Å². The minimum atomic E-state index is -0.734. The number of ether oxygens (including phenoxy) is 1. The van der Waals surface area contributed by atoms with Gasteiger partial charge in [-0.25, -0.2) is 9.67 Å². The number of aryl methyl sites for hydroxylation is 3. The van der Waals surface area contributed by atoms with E-state index < -0.39 is 6.10 Å². The number of aliphatic hydroxyl groups excluding tert-OH is 1. The Labute approximate surface area is 228 Å². The largest absolute Gasteiger partial charge is 0.497 e. The van der Waals surface area contributed by atoms with Crippen molar-refractivity contribution >= 4 is 22.6 Å². The summed E-state index contributed by atoms with van der Waals surface area (Å²) in [5, 5.41) is 18.9. The van der Waals surface area contributed by atoms with E-state index in [9.17, 15) is 9.90 Å². The smallest absolute Gasteiger partial charge is 0.255 e. The van der Waals surface area contributed by atoms with Gasteiger partial charge in [0.1, 0.15) is 11.4 Å². The highest BCUT2D eigenvalue weighted by Gasteiger charge is 2.18. The Morgan fingerprint density at radius 3 is 2.36 bits per heavy atom. The Balaban J connectivity index is 1.51. The van der Waals surface area contributed by atoms with E-state index in [1.54, 1.807) is 14.0 Å². The standard InChI is InChI=1S/C32H32N4O3/c1-19-14-20(2)16-24(15-19)32(38)33-25-9-6-21(3)28(17-25)29-13-12-27-30(22(4)37)35-36(31(27)34-29)18-23-7-10-26(39-5)11-8-23/h6-17,22,37H,18H2,1-5H3,(H,33,38)/t22-/m0/s1. The number of nitrogens with one attached hydrogen (secondary N) is 1. The summed E-state index contributed by atoms with van der Waals surface area (Å²) in [6.07, 6.45) is -0.734. The lowest BCUT2D eigenvalue weighted by atomic mass is 10.0. The summed E-state index contributed by atoms with van der Waals surface area (Å²) in [6.45, 7) is 8.19. The topological polar surface area (TPSA) is 89.3 Å². The molecule has 5 aromatic rings. The highest BCUT2D eigenvalue weighted by Crippen LogP contribution is 2.30. The number of hydrogen-bond donors (Lipinski definition) is 2. The molecule has 1 amide bonds. The SMILES string of the molecule is COc1ccc(Cn2nc([C@H](C)O)c3ccc(-c4cc(NC(=O)c5cc(C)cc(C)c5)ccc4C)nc32)cc1. The minimum absolute atomic E-state index is 0.154. The molecule has 1 atom stereocenters. The zero-order valence-electron chi connectivity index (χ0n) is 22.8. The molecule has 7 nitrogen and oxygen atoms in total. The van der Waals surface area contributed by atoms with E-state index in [1.165, 1.54) is 0 Å². The number of aliphatic hydroxyl groups is 1. The zero-order chi connectivity index (χ0) is 27.7. The van der Waals surface area contributed by atoms with Crippen LogP contribution in [0, 0.1) is 20.8 Å². The number of amides is 1. The number of nitrogens with zero attached hydrogens (tertiary/aromatic N) is 3. The zero-order valence-corrected chi connectivity index (χ0v) is 22.8. The van der Waals surface area contributed by atoms with Crippen molar-refractivity contribution in [3.05, 3.63) is 106 Å². The Hall–Kier alpha value is -4.49. The van der Waals surface area contributed by atoms with Crippen LogP contribution < -0.4 is 10.1 Å². The Morgan fingerprint density at radius 2 is 1.69 bits per heavy atom. The molecule has 198 valence electrons. The molecule has 39 heavy (non-hydrogen) atoms. The molecule has 2 N–H and O–H groups in total. The molecule has 0 fully saturated rings. The molecule has 2 heterocycles. The first-order chi connectivity index (χ1) is 18.7. The Morgan fingerprint density at radius 1 is 0.974 bits per heavy atom. The first-order valence-corrected chi connectivity index (χ1v) is 12.9. The van der Waals surface area contributed by atoms with Gasteiger partial charge in [-0.2, -0.15) is 5.10 Å². The van der Waals surface area contributed by atoms with Gasteiger partial charge in [0.15, 0.2) is 5.65 Å². The number of carbonyl (C=O) groups is 1. The maximum atomic E-state index is 13.0. The van der Waals surface area contributed by atoms with Crippen molar-refractivity contribution in [3.63, 3.8) is 0 Å². The number of fused-ring (bicyclic) bond motifs is 1. The maximum absolute atomic E-state index is 13.0. The number of anilines is 1. The molecule has 0 aliphatic carbocycles. The molecule has 2 aromatic heterocycles. The number of aromatic nitrogens is 3. The van der Waals surface area contributed by atoms with Crippen molar-refractivity contribution in [2.75, 3.05) is 12.4 Å². The Kier molecular flexibility index (Phi) is 7.17. The molecule has 0 aliphatic heterocycles. The van der Waals surface area contributed by atoms with E-state index in [1.807, 2.05) is 98.2 Å². The summed E-state index contributed by atoms with van der Waals surface area (Å²) >= 11 is 0. The molecule has 0 saturated carbocycles. The first kappa shape index (κ1) is 26.1. The molecular weight excluding hydrogens is 488 g/mol. The van der Waals surface area contributed by atoms with Gasteiger partial charge in [0.25, 0.3) is 5.91 Å². The molecule has 0 unspecified atom stereocenters. The van der Waals surface area contributed by atoms with Gasteiger partial charge in [-0.3, -0.25) is 4.79 Å². The molecule has 0 bridgehead atoms. The summed E-state index contributed by atoms with van der Waals surface area (Å²) < 4.78 is 7.10. The van der Waals surface area contributed by atoms with Gasteiger partial charge < -0.3 is 15.2 Å². The van der Waals surface area contributed by atoms with Crippen LogP contribution in [0.1, 0.15) is 51.3 Å². The normalized spacial score (nSPS) is 11.9. The quantitative estimate of drug-likeness (QED) is 0.260. The second kappa shape index (κ2) is 10.7. The van der Waals surface area contributed by atoms with E-state index in [-0.39, 0.29) is 5.91 Å². The Bertz CT molecular complexity index is 1650. The van der Waals surface area contributed by atoms with Crippen LogP contribution in [0.25, 0.3) is 22.3 Å². The average molecular weight is 521 g/mol. The van der Waals surface area contributed by atoms with Gasteiger partial charge in [0, 0.05) is 22.2 Å². The van der Waals surface area contributed by atoms with Crippen molar-refractivity contribution in [1.29, 1.82) is 0 Å². The van der Waals surface area contributed by atoms with E-state index in [4.69, 9.17) is 14.8 Å². The van der Waals surface area contributed by atoms with Crippen LogP contribution in [-0.2, 0) is 6.54 Å². The molecule has 0 spiro atoms. The highest BCUT2D eigenvalue weighted by molar-refractivity contribution is 6.04. The van der Waals surface area contributed by atoms with E-state index in [0.29, 0.717) is 29.1 Å². The first-order valence-electron chi connectivity index (χ1n) is 12.9. The molecular formula is C32H32N4O3. The monoisotopic (exact) mass is 520 g/mol. The molecule has 3 aromatic carbocycles. The summed E-state index contributed by atoms with van der Waals surface area (Å²) in [5.41, 5.74) is 8.42. The number of rotatable bonds is 7. The third-order valence-corrected chi connectivity index (χ3v) is 6.77. The maximum Gasteiger partial charge on any atom is 0.255 e. The van der Waals surface area contributed by atoms with Crippen LogP contribution in [0.2, 0.25) is 0 Å². The molecule has 0 saturated heterocycles. The fourth-order valence-electron chi connectivity index (χ4n) is 4.83. The van der Waals surface area contributed by atoms with Gasteiger partial charge >= 0.3 is 0 Å². The van der Waals surface area contributed by atoms with E-state index in [0.717, 1.165) is 44.6 Å². The van der Waals surface area contributed by atoms with E-state index in [2.05, 4.69) is 5.32 Å². The number of hydrogen-bond acceptors (Lipinski definition) is 5.